The Morgan fingerprint density at radius 3 is 2.63 bits per heavy atom. The van der Waals surface area contributed by atoms with Gasteiger partial charge in [0.05, 0.1) is 7.11 Å². The second kappa shape index (κ2) is 6.27. The summed E-state index contributed by atoms with van der Waals surface area (Å²) in [7, 11) is 1.72. The second-order valence-electron chi connectivity index (χ2n) is 6.02. The first kappa shape index (κ1) is 14.9. The van der Waals surface area contributed by atoms with Gasteiger partial charge in [0.1, 0.15) is 5.75 Å². The Labute approximate surface area is 124 Å². The molecule has 2 nitrogen and oxygen atoms in total. The first-order valence-corrected chi connectivity index (χ1v) is 7.90. The van der Waals surface area contributed by atoms with Gasteiger partial charge in [0.2, 0.25) is 0 Å². The molecule has 3 heteroatoms. The van der Waals surface area contributed by atoms with E-state index < -0.39 is 0 Å². The molecule has 0 heterocycles. The highest BCUT2D eigenvalue weighted by Gasteiger charge is 2.33. The van der Waals surface area contributed by atoms with Crippen LogP contribution in [-0.4, -0.2) is 13.7 Å². The van der Waals surface area contributed by atoms with Gasteiger partial charge in [-0.2, -0.15) is 0 Å². The molecule has 0 aliphatic heterocycles. The molecule has 1 saturated carbocycles. The summed E-state index contributed by atoms with van der Waals surface area (Å²) in [6.45, 7) is 3.13. The molecule has 0 bridgehead atoms. The number of rotatable bonds is 4. The summed E-state index contributed by atoms with van der Waals surface area (Å²) in [6, 6.07) is 6.20. The summed E-state index contributed by atoms with van der Waals surface area (Å²) in [4.78, 5) is 0. The Balaban J connectivity index is 2.18. The van der Waals surface area contributed by atoms with E-state index in [0.29, 0.717) is 0 Å². The lowest BCUT2D eigenvalue weighted by atomic mass is 9.68. The zero-order chi connectivity index (χ0) is 13.9. The minimum Gasteiger partial charge on any atom is -0.497 e. The Morgan fingerprint density at radius 1 is 1.37 bits per heavy atom. The molecule has 1 aliphatic rings. The minimum atomic E-state index is 0.279. The molecule has 19 heavy (non-hydrogen) atoms. The van der Waals surface area contributed by atoms with E-state index in [1.165, 1.54) is 35.7 Å². The molecular formula is C16H24BrNO. The molecule has 1 aromatic carbocycles. The smallest absolute Gasteiger partial charge is 0.119 e. The lowest BCUT2D eigenvalue weighted by Crippen LogP contribution is -2.36. The molecule has 2 rings (SSSR count). The molecule has 0 aromatic heterocycles. The van der Waals surface area contributed by atoms with Gasteiger partial charge in [0.15, 0.2) is 0 Å². The summed E-state index contributed by atoms with van der Waals surface area (Å²) in [5, 5.41) is 0. The van der Waals surface area contributed by atoms with E-state index in [1.807, 2.05) is 6.07 Å². The maximum Gasteiger partial charge on any atom is 0.119 e. The van der Waals surface area contributed by atoms with Gasteiger partial charge in [-0.05, 0) is 60.9 Å². The van der Waals surface area contributed by atoms with Crippen molar-refractivity contribution in [1.29, 1.82) is 0 Å². The highest BCUT2D eigenvalue weighted by Crippen LogP contribution is 2.42. The number of ether oxygens (including phenoxy) is 1. The Morgan fingerprint density at radius 2 is 2.05 bits per heavy atom. The summed E-state index contributed by atoms with van der Waals surface area (Å²) < 4.78 is 6.50. The van der Waals surface area contributed by atoms with Crippen molar-refractivity contribution in [2.75, 3.05) is 13.7 Å². The van der Waals surface area contributed by atoms with Crippen LogP contribution in [0.2, 0.25) is 0 Å². The third-order valence-corrected chi connectivity index (χ3v) is 5.36. The van der Waals surface area contributed by atoms with Crippen LogP contribution in [0.4, 0.5) is 0 Å². The van der Waals surface area contributed by atoms with E-state index in [-0.39, 0.29) is 5.41 Å². The predicted octanol–water partition coefficient (Wildman–Crippen LogP) is 4.16. The lowest BCUT2D eigenvalue weighted by molar-refractivity contribution is 0.163. The van der Waals surface area contributed by atoms with E-state index in [1.54, 1.807) is 7.11 Å². The molecule has 0 atom stereocenters. The van der Waals surface area contributed by atoms with Crippen LogP contribution >= 0.6 is 15.9 Å². The SMILES string of the molecule is COc1ccc(Br)c(CC2(CN)CCC(C)CC2)c1. The summed E-state index contributed by atoms with van der Waals surface area (Å²) in [5.74, 6) is 1.78. The van der Waals surface area contributed by atoms with Crippen molar-refractivity contribution in [3.05, 3.63) is 28.2 Å². The molecule has 0 unspecified atom stereocenters. The predicted molar refractivity (Wildman–Crippen MR) is 83.5 cm³/mol. The van der Waals surface area contributed by atoms with Crippen LogP contribution < -0.4 is 10.5 Å². The van der Waals surface area contributed by atoms with Gasteiger partial charge in [-0.1, -0.05) is 35.7 Å². The molecule has 0 amide bonds. The zero-order valence-electron chi connectivity index (χ0n) is 11.9. The van der Waals surface area contributed by atoms with Gasteiger partial charge in [0, 0.05) is 4.47 Å². The van der Waals surface area contributed by atoms with E-state index in [9.17, 15) is 0 Å². The highest BCUT2D eigenvalue weighted by molar-refractivity contribution is 9.10. The van der Waals surface area contributed by atoms with E-state index in [4.69, 9.17) is 10.5 Å². The van der Waals surface area contributed by atoms with E-state index >= 15 is 0 Å². The molecule has 0 radical (unpaired) electrons. The summed E-state index contributed by atoms with van der Waals surface area (Å²) >= 11 is 3.66. The van der Waals surface area contributed by atoms with Crippen molar-refractivity contribution in [2.45, 2.75) is 39.0 Å². The van der Waals surface area contributed by atoms with Crippen LogP contribution in [-0.2, 0) is 6.42 Å². The Hall–Kier alpha value is -0.540. The topological polar surface area (TPSA) is 35.2 Å². The van der Waals surface area contributed by atoms with Gasteiger partial charge >= 0.3 is 0 Å². The maximum absolute atomic E-state index is 6.11. The molecule has 106 valence electrons. The molecule has 1 fully saturated rings. The van der Waals surface area contributed by atoms with Crippen molar-refractivity contribution < 1.29 is 4.74 Å². The van der Waals surface area contributed by atoms with Crippen LogP contribution in [0.1, 0.15) is 38.2 Å². The van der Waals surface area contributed by atoms with Crippen LogP contribution in [0.5, 0.6) is 5.75 Å². The van der Waals surface area contributed by atoms with Gasteiger partial charge in [-0.3, -0.25) is 0 Å². The first-order chi connectivity index (χ1) is 9.08. The van der Waals surface area contributed by atoms with Gasteiger partial charge < -0.3 is 10.5 Å². The van der Waals surface area contributed by atoms with Crippen molar-refractivity contribution in [3.63, 3.8) is 0 Å². The summed E-state index contributed by atoms with van der Waals surface area (Å²) in [6.07, 6.45) is 6.15. The number of benzene rings is 1. The standard InChI is InChI=1S/C16H24BrNO/c1-12-5-7-16(11-18,8-6-12)10-13-9-14(19-2)3-4-15(13)17/h3-4,9,12H,5-8,10-11,18H2,1-2H3. The normalized spacial score (nSPS) is 27.3. The average molecular weight is 326 g/mol. The maximum atomic E-state index is 6.11. The van der Waals surface area contributed by atoms with Gasteiger partial charge in [-0.25, -0.2) is 0 Å². The molecular weight excluding hydrogens is 302 g/mol. The second-order valence-corrected chi connectivity index (χ2v) is 6.88. The Kier molecular flexibility index (Phi) is 4.91. The van der Waals surface area contributed by atoms with Crippen LogP contribution in [0, 0.1) is 11.3 Å². The molecule has 1 aliphatic carbocycles. The fourth-order valence-electron chi connectivity index (χ4n) is 3.05. The average Bonchev–Trinajstić information content (AvgIpc) is 2.44. The highest BCUT2D eigenvalue weighted by atomic mass is 79.9. The number of halogens is 1. The van der Waals surface area contributed by atoms with Crippen molar-refractivity contribution in [1.82, 2.24) is 0 Å². The van der Waals surface area contributed by atoms with Crippen LogP contribution in [0.3, 0.4) is 0 Å². The molecule has 0 saturated heterocycles. The van der Waals surface area contributed by atoms with Crippen molar-refractivity contribution in [3.8, 4) is 5.75 Å². The lowest BCUT2D eigenvalue weighted by Gasteiger charge is -2.39. The molecule has 2 N–H and O–H groups in total. The van der Waals surface area contributed by atoms with Crippen molar-refractivity contribution in [2.24, 2.45) is 17.1 Å². The molecule has 1 aromatic rings. The van der Waals surface area contributed by atoms with E-state index in [0.717, 1.165) is 24.6 Å². The first-order valence-electron chi connectivity index (χ1n) is 7.11. The molecule has 0 spiro atoms. The third-order valence-electron chi connectivity index (χ3n) is 4.59. The monoisotopic (exact) mass is 325 g/mol. The minimum absolute atomic E-state index is 0.279. The largest absolute Gasteiger partial charge is 0.497 e. The van der Waals surface area contributed by atoms with E-state index in [2.05, 4.69) is 35.0 Å². The number of hydrogen-bond acceptors (Lipinski definition) is 2. The summed E-state index contributed by atoms with van der Waals surface area (Å²) in [5.41, 5.74) is 7.70. The quantitative estimate of drug-likeness (QED) is 0.902. The number of methoxy groups -OCH3 is 1. The Bertz CT molecular complexity index is 425. The number of nitrogens with two attached hydrogens (primary N) is 1. The van der Waals surface area contributed by atoms with Crippen molar-refractivity contribution >= 4 is 15.9 Å². The van der Waals surface area contributed by atoms with Crippen LogP contribution in [0.15, 0.2) is 22.7 Å². The zero-order valence-corrected chi connectivity index (χ0v) is 13.5. The fraction of sp³-hybridized carbons (Fsp3) is 0.625. The van der Waals surface area contributed by atoms with Crippen LogP contribution in [0.25, 0.3) is 0 Å². The number of hydrogen-bond donors (Lipinski definition) is 1. The fourth-order valence-corrected chi connectivity index (χ4v) is 3.43. The van der Waals surface area contributed by atoms with Gasteiger partial charge in [-0.15, -0.1) is 0 Å². The third kappa shape index (κ3) is 3.51. The van der Waals surface area contributed by atoms with Gasteiger partial charge in [0.25, 0.3) is 0 Å².